The summed E-state index contributed by atoms with van der Waals surface area (Å²) in [7, 11) is 0. The van der Waals surface area contributed by atoms with Crippen LogP contribution >= 0.6 is 0 Å². The van der Waals surface area contributed by atoms with Crippen molar-refractivity contribution in [3.05, 3.63) is 0 Å². The summed E-state index contributed by atoms with van der Waals surface area (Å²) in [5.74, 6) is 0. The molecule has 1 aliphatic rings. The second kappa shape index (κ2) is 2.45. The van der Waals surface area contributed by atoms with Gasteiger partial charge in [-0.3, -0.25) is 9.79 Å². The van der Waals surface area contributed by atoms with Crippen molar-refractivity contribution in [1.29, 1.82) is 0 Å². The summed E-state index contributed by atoms with van der Waals surface area (Å²) >= 11 is 0. The summed E-state index contributed by atoms with van der Waals surface area (Å²) in [6, 6.07) is 0.201. The Morgan fingerprint density at radius 1 is 1.88 bits per heavy atom. The number of hydrogen-bond acceptors (Lipinski definition) is 2. The molecule has 1 heterocycles. The smallest absolute Gasteiger partial charge is 0.207 e. The van der Waals surface area contributed by atoms with Gasteiger partial charge in [-0.1, -0.05) is 0 Å². The molecule has 0 aromatic heterocycles. The minimum absolute atomic E-state index is 0.201. The highest BCUT2D eigenvalue weighted by atomic mass is 16.1. The molecule has 44 valence electrons. The Labute approximate surface area is 47.8 Å². The highest BCUT2D eigenvalue weighted by Gasteiger charge is 2.06. The fourth-order valence-electron chi connectivity index (χ4n) is 0.704. The highest BCUT2D eigenvalue weighted by molar-refractivity contribution is 5.70. The third kappa shape index (κ3) is 1.05. The molecule has 1 atom stereocenters. The van der Waals surface area contributed by atoms with Crippen LogP contribution in [0.15, 0.2) is 4.99 Å². The first-order valence-corrected chi connectivity index (χ1v) is 2.63. The molecule has 0 spiro atoms. The van der Waals surface area contributed by atoms with E-state index in [1.165, 1.54) is 0 Å². The number of aliphatic imine (C=N–C) groups is 1. The predicted octanol–water partition coefficient (Wildman–Crippen LogP) is -0.425. The summed E-state index contributed by atoms with van der Waals surface area (Å²) in [5.41, 5.74) is 0. The number of carbonyl (C=O) groups is 1. The van der Waals surface area contributed by atoms with Crippen LogP contribution in [0.25, 0.3) is 0 Å². The van der Waals surface area contributed by atoms with Crippen molar-refractivity contribution in [2.45, 2.75) is 12.5 Å². The standard InChI is InChI=1S/C5H8N2O/c8-4-7-5-1-2-6-3-5/h3-5H,1-2H2,(H,7,8). The van der Waals surface area contributed by atoms with Crippen LogP contribution in [0.5, 0.6) is 0 Å². The van der Waals surface area contributed by atoms with Crippen LogP contribution in [0, 0.1) is 0 Å². The van der Waals surface area contributed by atoms with Gasteiger partial charge in [-0.2, -0.15) is 0 Å². The Balaban J connectivity index is 2.25. The highest BCUT2D eigenvalue weighted by Crippen LogP contribution is 1.95. The molecule has 1 amide bonds. The molecule has 1 unspecified atom stereocenters. The van der Waals surface area contributed by atoms with Gasteiger partial charge >= 0.3 is 0 Å². The monoisotopic (exact) mass is 112 g/mol. The van der Waals surface area contributed by atoms with Gasteiger partial charge in [0.2, 0.25) is 6.41 Å². The van der Waals surface area contributed by atoms with Gasteiger partial charge in [0.05, 0.1) is 6.04 Å². The summed E-state index contributed by atoms with van der Waals surface area (Å²) in [6.07, 6.45) is 3.44. The van der Waals surface area contributed by atoms with E-state index in [1.54, 1.807) is 6.21 Å². The molecule has 1 rings (SSSR count). The Morgan fingerprint density at radius 2 is 2.75 bits per heavy atom. The van der Waals surface area contributed by atoms with Crippen LogP contribution in [-0.4, -0.2) is 25.2 Å². The van der Waals surface area contributed by atoms with Crippen LogP contribution in [0.1, 0.15) is 6.42 Å². The van der Waals surface area contributed by atoms with Gasteiger partial charge in [0.15, 0.2) is 0 Å². The number of hydrogen-bond donors (Lipinski definition) is 1. The minimum Gasteiger partial charge on any atom is -0.351 e. The molecule has 0 bridgehead atoms. The van der Waals surface area contributed by atoms with Gasteiger partial charge in [-0.25, -0.2) is 0 Å². The molecular weight excluding hydrogens is 104 g/mol. The largest absolute Gasteiger partial charge is 0.351 e. The quantitative estimate of drug-likeness (QED) is 0.484. The third-order valence-corrected chi connectivity index (χ3v) is 1.14. The molecule has 0 aromatic carbocycles. The van der Waals surface area contributed by atoms with Crippen LogP contribution in [0.2, 0.25) is 0 Å². The number of nitrogens with one attached hydrogen (secondary N) is 1. The lowest BCUT2D eigenvalue weighted by Crippen LogP contribution is -2.26. The molecule has 0 saturated carbocycles. The maximum Gasteiger partial charge on any atom is 0.207 e. The van der Waals surface area contributed by atoms with E-state index in [-0.39, 0.29) is 6.04 Å². The summed E-state index contributed by atoms with van der Waals surface area (Å²) < 4.78 is 0. The zero-order valence-corrected chi connectivity index (χ0v) is 4.50. The van der Waals surface area contributed by atoms with Crippen LogP contribution < -0.4 is 5.32 Å². The number of amides is 1. The zero-order valence-electron chi connectivity index (χ0n) is 4.50. The first-order valence-electron chi connectivity index (χ1n) is 2.63. The topological polar surface area (TPSA) is 41.5 Å². The normalized spacial score (nSPS) is 25.8. The van der Waals surface area contributed by atoms with Crippen molar-refractivity contribution < 1.29 is 4.79 Å². The van der Waals surface area contributed by atoms with Crippen molar-refractivity contribution in [3.8, 4) is 0 Å². The molecule has 1 aliphatic heterocycles. The van der Waals surface area contributed by atoms with Crippen molar-refractivity contribution in [3.63, 3.8) is 0 Å². The maximum absolute atomic E-state index is 9.79. The zero-order chi connectivity index (χ0) is 5.82. The molecule has 0 radical (unpaired) electrons. The van der Waals surface area contributed by atoms with Crippen LogP contribution in [-0.2, 0) is 4.79 Å². The molecule has 0 fully saturated rings. The van der Waals surface area contributed by atoms with E-state index in [0.29, 0.717) is 6.41 Å². The Kier molecular flexibility index (Phi) is 1.62. The average Bonchev–Trinajstić information content (AvgIpc) is 2.19. The molecule has 1 N–H and O–H groups in total. The van der Waals surface area contributed by atoms with E-state index in [9.17, 15) is 4.79 Å². The van der Waals surface area contributed by atoms with Gasteiger partial charge in [0.1, 0.15) is 0 Å². The Bertz CT molecular complexity index is 111. The van der Waals surface area contributed by atoms with Gasteiger partial charge < -0.3 is 5.32 Å². The summed E-state index contributed by atoms with van der Waals surface area (Å²) in [4.78, 5) is 13.7. The first kappa shape index (κ1) is 5.28. The molecule has 0 saturated heterocycles. The number of rotatable bonds is 2. The summed E-state index contributed by atoms with van der Waals surface area (Å²) in [6.45, 7) is 0.853. The van der Waals surface area contributed by atoms with Gasteiger partial charge in [-0.05, 0) is 6.42 Å². The fraction of sp³-hybridized carbons (Fsp3) is 0.600. The second-order valence-corrected chi connectivity index (χ2v) is 1.73. The first-order chi connectivity index (χ1) is 3.93. The van der Waals surface area contributed by atoms with Crippen LogP contribution in [0.4, 0.5) is 0 Å². The third-order valence-electron chi connectivity index (χ3n) is 1.14. The molecule has 0 aliphatic carbocycles. The van der Waals surface area contributed by atoms with Crippen molar-refractivity contribution in [2.24, 2.45) is 4.99 Å². The minimum atomic E-state index is 0.201. The van der Waals surface area contributed by atoms with Gasteiger partial charge in [0, 0.05) is 12.8 Å². The van der Waals surface area contributed by atoms with Crippen LogP contribution in [0.3, 0.4) is 0 Å². The second-order valence-electron chi connectivity index (χ2n) is 1.73. The van der Waals surface area contributed by atoms with E-state index in [4.69, 9.17) is 0 Å². The Morgan fingerprint density at radius 3 is 3.25 bits per heavy atom. The van der Waals surface area contributed by atoms with Gasteiger partial charge in [0.25, 0.3) is 0 Å². The van der Waals surface area contributed by atoms with E-state index in [2.05, 4.69) is 10.3 Å². The van der Waals surface area contributed by atoms with Crippen molar-refractivity contribution in [1.82, 2.24) is 5.32 Å². The molecule has 0 aromatic rings. The molecule has 8 heavy (non-hydrogen) atoms. The van der Waals surface area contributed by atoms with Crippen molar-refractivity contribution >= 4 is 12.6 Å². The van der Waals surface area contributed by atoms with E-state index >= 15 is 0 Å². The lowest BCUT2D eigenvalue weighted by molar-refractivity contribution is -0.109. The van der Waals surface area contributed by atoms with E-state index < -0.39 is 0 Å². The fourth-order valence-corrected chi connectivity index (χ4v) is 0.704. The predicted molar refractivity (Wildman–Crippen MR) is 31.0 cm³/mol. The average molecular weight is 112 g/mol. The SMILES string of the molecule is O=CNC1C=NCC1. The van der Waals surface area contributed by atoms with Crippen molar-refractivity contribution in [2.75, 3.05) is 6.54 Å². The Hall–Kier alpha value is -0.860. The molecular formula is C5H8N2O. The van der Waals surface area contributed by atoms with Gasteiger partial charge in [-0.15, -0.1) is 0 Å². The number of carbonyl (C=O) groups excluding carboxylic acids is 1. The van der Waals surface area contributed by atoms with E-state index in [1.807, 2.05) is 0 Å². The summed E-state index contributed by atoms with van der Waals surface area (Å²) in [5, 5.41) is 2.61. The molecule has 3 heteroatoms. The van der Waals surface area contributed by atoms with E-state index in [0.717, 1.165) is 13.0 Å². The molecule has 3 nitrogen and oxygen atoms in total. The maximum atomic E-state index is 9.79. The lowest BCUT2D eigenvalue weighted by Gasteiger charge is -1.99. The lowest BCUT2D eigenvalue weighted by atomic mass is 10.3. The number of nitrogens with zero attached hydrogens (tertiary/aromatic N) is 1.